The summed E-state index contributed by atoms with van der Waals surface area (Å²) in [6, 6.07) is 0. The Kier molecular flexibility index (Phi) is 3.33. The van der Waals surface area contributed by atoms with E-state index in [4.69, 9.17) is 0 Å². The maximum atomic E-state index is 10.2. The lowest BCUT2D eigenvalue weighted by atomic mass is 9.80. The lowest BCUT2D eigenvalue weighted by Crippen LogP contribution is -2.20. The maximum absolute atomic E-state index is 10.2. The maximum Gasteiger partial charge on any atom is 0.0749 e. The molecule has 4 atom stereocenters. The second-order valence-corrected chi connectivity index (χ2v) is 6.44. The number of aliphatic hydroxyl groups is 2. The van der Waals surface area contributed by atoms with Crippen LogP contribution in [0.2, 0.25) is 0 Å². The molecule has 0 saturated heterocycles. The number of fused-ring (bicyclic) bond motifs is 1. The molecule has 0 aromatic carbocycles. The van der Waals surface area contributed by atoms with Crippen molar-refractivity contribution in [2.24, 2.45) is 17.3 Å². The number of hydrogen-bond donors (Lipinski definition) is 2. The molecule has 2 N–H and O–H groups in total. The fraction of sp³-hybridized carbons (Fsp3) is 0.750. The highest BCUT2D eigenvalue weighted by Gasteiger charge is 2.45. The Morgan fingerprint density at radius 2 is 2.06 bits per heavy atom. The van der Waals surface area contributed by atoms with Crippen molar-refractivity contribution in [3.63, 3.8) is 0 Å². The van der Waals surface area contributed by atoms with Gasteiger partial charge in [-0.25, -0.2) is 0 Å². The molecular weight excluding hydrogens is 224 g/mol. The summed E-state index contributed by atoms with van der Waals surface area (Å²) in [6.07, 6.45) is 16.0. The summed E-state index contributed by atoms with van der Waals surface area (Å²) < 4.78 is 0. The molecular formula is C16H24O2. The van der Waals surface area contributed by atoms with E-state index in [2.05, 4.69) is 18.2 Å². The monoisotopic (exact) mass is 248 g/mol. The molecule has 0 spiro atoms. The van der Waals surface area contributed by atoms with E-state index < -0.39 is 0 Å². The van der Waals surface area contributed by atoms with Gasteiger partial charge in [-0.2, -0.15) is 0 Å². The lowest BCUT2D eigenvalue weighted by molar-refractivity contribution is 0.153. The quantitative estimate of drug-likeness (QED) is 0.754. The smallest absolute Gasteiger partial charge is 0.0749 e. The van der Waals surface area contributed by atoms with Gasteiger partial charge in [0.2, 0.25) is 0 Å². The molecule has 2 fully saturated rings. The van der Waals surface area contributed by atoms with E-state index in [-0.39, 0.29) is 17.6 Å². The van der Waals surface area contributed by atoms with Crippen LogP contribution in [0.4, 0.5) is 0 Å². The van der Waals surface area contributed by atoms with Crippen LogP contribution in [0.1, 0.15) is 44.9 Å². The summed E-state index contributed by atoms with van der Waals surface area (Å²) in [4.78, 5) is 0. The fourth-order valence-electron chi connectivity index (χ4n) is 4.17. The van der Waals surface area contributed by atoms with E-state index in [1.165, 1.54) is 25.7 Å². The number of allylic oxidation sites excluding steroid dienone is 3. The second-order valence-electron chi connectivity index (χ2n) is 6.44. The molecule has 3 aliphatic carbocycles. The van der Waals surface area contributed by atoms with Gasteiger partial charge in [-0.05, 0) is 43.9 Å². The summed E-state index contributed by atoms with van der Waals surface area (Å²) in [6.45, 7) is 0. The van der Waals surface area contributed by atoms with Gasteiger partial charge in [0.15, 0.2) is 0 Å². The van der Waals surface area contributed by atoms with Crippen molar-refractivity contribution in [3.05, 3.63) is 24.3 Å². The number of rotatable bonds is 3. The van der Waals surface area contributed by atoms with Crippen LogP contribution in [0.25, 0.3) is 0 Å². The summed E-state index contributed by atoms with van der Waals surface area (Å²) in [5, 5.41) is 20.1. The van der Waals surface area contributed by atoms with Gasteiger partial charge in [-0.1, -0.05) is 37.1 Å². The third-order valence-corrected chi connectivity index (χ3v) is 5.24. The highest BCUT2D eigenvalue weighted by atomic mass is 16.3. The first kappa shape index (κ1) is 12.4. The minimum atomic E-state index is -0.283. The average Bonchev–Trinajstić information content (AvgIpc) is 3.00. The zero-order valence-corrected chi connectivity index (χ0v) is 11.0. The third kappa shape index (κ3) is 2.17. The Morgan fingerprint density at radius 3 is 2.83 bits per heavy atom. The molecule has 0 aliphatic heterocycles. The predicted molar refractivity (Wildman–Crippen MR) is 72.0 cm³/mol. The van der Waals surface area contributed by atoms with Crippen LogP contribution < -0.4 is 0 Å². The fourth-order valence-corrected chi connectivity index (χ4v) is 4.17. The van der Waals surface area contributed by atoms with Gasteiger partial charge < -0.3 is 10.2 Å². The van der Waals surface area contributed by atoms with Crippen LogP contribution >= 0.6 is 0 Å². The molecule has 18 heavy (non-hydrogen) atoms. The number of hydrogen-bond acceptors (Lipinski definition) is 2. The van der Waals surface area contributed by atoms with E-state index in [0.717, 1.165) is 19.3 Å². The molecule has 2 nitrogen and oxygen atoms in total. The predicted octanol–water partition coefficient (Wildman–Crippen LogP) is 2.81. The van der Waals surface area contributed by atoms with Crippen LogP contribution in [0.15, 0.2) is 24.3 Å². The molecule has 0 heterocycles. The van der Waals surface area contributed by atoms with Gasteiger partial charge in [0, 0.05) is 5.41 Å². The van der Waals surface area contributed by atoms with Gasteiger partial charge in [-0.15, -0.1) is 0 Å². The van der Waals surface area contributed by atoms with Crippen molar-refractivity contribution < 1.29 is 10.2 Å². The van der Waals surface area contributed by atoms with E-state index >= 15 is 0 Å². The minimum absolute atomic E-state index is 0.0407. The van der Waals surface area contributed by atoms with Crippen LogP contribution in [-0.2, 0) is 0 Å². The van der Waals surface area contributed by atoms with E-state index in [0.29, 0.717) is 11.8 Å². The molecule has 0 aromatic rings. The summed E-state index contributed by atoms with van der Waals surface area (Å²) in [5.74, 6) is 1.02. The molecule has 0 aromatic heterocycles. The van der Waals surface area contributed by atoms with Crippen molar-refractivity contribution in [2.45, 2.75) is 57.2 Å². The largest absolute Gasteiger partial charge is 0.393 e. The molecule has 3 rings (SSSR count). The standard InChI is InChI=1S/C16H24O2/c17-14-10-13-6-3-8-16(13,11-14)9-7-15(18)12-4-1-2-5-12/h3,7-9,12-15,17-18H,1-2,4-6,10-11H2/b9-7+/t13?,14?,15-,16?/m1/s1. The SMILES string of the molecule is OC1CC2CC=CC2(/C=C/[C@@H](O)C2CCCC2)C1. The van der Waals surface area contributed by atoms with Crippen molar-refractivity contribution in [3.8, 4) is 0 Å². The minimum Gasteiger partial charge on any atom is -0.393 e. The first-order valence-electron chi connectivity index (χ1n) is 7.43. The van der Waals surface area contributed by atoms with Crippen molar-refractivity contribution >= 4 is 0 Å². The Bertz CT molecular complexity index is 354. The van der Waals surface area contributed by atoms with Crippen molar-refractivity contribution in [2.75, 3.05) is 0 Å². The Balaban J connectivity index is 1.69. The molecule has 0 amide bonds. The zero-order chi connectivity index (χ0) is 12.6. The highest BCUT2D eigenvalue weighted by molar-refractivity contribution is 5.24. The Morgan fingerprint density at radius 1 is 1.28 bits per heavy atom. The Labute approximate surface area is 109 Å². The van der Waals surface area contributed by atoms with Crippen molar-refractivity contribution in [1.29, 1.82) is 0 Å². The van der Waals surface area contributed by atoms with Gasteiger partial charge in [0.25, 0.3) is 0 Å². The molecule has 0 bridgehead atoms. The highest BCUT2D eigenvalue weighted by Crippen LogP contribution is 2.51. The average molecular weight is 248 g/mol. The van der Waals surface area contributed by atoms with Crippen LogP contribution in [-0.4, -0.2) is 22.4 Å². The van der Waals surface area contributed by atoms with Crippen LogP contribution in [0, 0.1) is 17.3 Å². The summed E-state index contributed by atoms with van der Waals surface area (Å²) in [5.41, 5.74) is 0.0407. The molecule has 2 saturated carbocycles. The van der Waals surface area contributed by atoms with Crippen LogP contribution in [0.5, 0.6) is 0 Å². The van der Waals surface area contributed by atoms with Crippen molar-refractivity contribution in [1.82, 2.24) is 0 Å². The van der Waals surface area contributed by atoms with E-state index in [1.807, 2.05) is 6.08 Å². The van der Waals surface area contributed by atoms with Crippen LogP contribution in [0.3, 0.4) is 0 Å². The molecule has 3 unspecified atom stereocenters. The van der Waals surface area contributed by atoms with Gasteiger partial charge >= 0.3 is 0 Å². The first-order valence-corrected chi connectivity index (χ1v) is 7.43. The normalized spacial score (nSPS) is 41.9. The molecule has 100 valence electrons. The summed E-state index contributed by atoms with van der Waals surface area (Å²) >= 11 is 0. The third-order valence-electron chi connectivity index (χ3n) is 5.24. The summed E-state index contributed by atoms with van der Waals surface area (Å²) in [7, 11) is 0. The molecule has 3 aliphatic rings. The van der Waals surface area contributed by atoms with Gasteiger partial charge in [0.1, 0.15) is 0 Å². The second kappa shape index (κ2) is 4.82. The van der Waals surface area contributed by atoms with Gasteiger partial charge in [-0.3, -0.25) is 0 Å². The number of aliphatic hydroxyl groups excluding tert-OH is 2. The van der Waals surface area contributed by atoms with E-state index in [1.54, 1.807) is 0 Å². The zero-order valence-electron chi connectivity index (χ0n) is 11.0. The lowest BCUT2D eigenvalue weighted by Gasteiger charge is -2.25. The first-order chi connectivity index (χ1) is 8.70. The molecule has 0 radical (unpaired) electrons. The van der Waals surface area contributed by atoms with E-state index in [9.17, 15) is 10.2 Å². The van der Waals surface area contributed by atoms with Gasteiger partial charge in [0.05, 0.1) is 12.2 Å². The molecule has 2 heteroatoms. The Hall–Kier alpha value is -0.600. The topological polar surface area (TPSA) is 40.5 Å².